The number of aryl methyl sites for hydroxylation is 1. The lowest BCUT2D eigenvalue weighted by Crippen LogP contribution is -2.44. The fraction of sp³-hybridized carbons (Fsp3) is 0.304. The number of ether oxygens (including phenoxy) is 1. The van der Waals surface area contributed by atoms with Gasteiger partial charge in [-0.05, 0) is 43.7 Å². The quantitative estimate of drug-likeness (QED) is 0.434. The van der Waals surface area contributed by atoms with Crippen LogP contribution in [0.15, 0.2) is 36.4 Å². The van der Waals surface area contributed by atoms with Crippen molar-refractivity contribution in [3.05, 3.63) is 68.8 Å². The van der Waals surface area contributed by atoms with Crippen LogP contribution in [0.1, 0.15) is 27.2 Å². The molecule has 1 amide bonds. The van der Waals surface area contributed by atoms with Crippen molar-refractivity contribution >= 4 is 45.8 Å². The Kier molecular flexibility index (Phi) is 5.87. The number of hydrogen-bond acceptors (Lipinski definition) is 3. The number of ketones is 1. The number of carbonyl (C=O) groups is 2. The second-order valence-corrected chi connectivity index (χ2v) is 8.38. The standard InChI is InChI=1S/C23H22Cl2N2O3/c1-14-3-6-20-18(11-14)21(22(28)23(29)26-7-9-30-10-8-26)15(2)27(20)13-16-4-5-17(24)12-19(16)25/h3-6,11-12H,7-10,13H2,1-2H3. The van der Waals surface area contributed by atoms with Crippen molar-refractivity contribution in [2.45, 2.75) is 20.4 Å². The van der Waals surface area contributed by atoms with Crippen molar-refractivity contribution < 1.29 is 14.3 Å². The van der Waals surface area contributed by atoms with E-state index in [9.17, 15) is 9.59 Å². The van der Waals surface area contributed by atoms with E-state index in [-0.39, 0.29) is 0 Å². The second-order valence-electron chi connectivity index (χ2n) is 7.54. The van der Waals surface area contributed by atoms with E-state index < -0.39 is 11.7 Å². The van der Waals surface area contributed by atoms with Gasteiger partial charge in [-0.15, -0.1) is 0 Å². The summed E-state index contributed by atoms with van der Waals surface area (Å²) in [6, 6.07) is 11.3. The van der Waals surface area contributed by atoms with Gasteiger partial charge in [-0.1, -0.05) is 40.9 Å². The molecule has 1 saturated heterocycles. The molecule has 1 fully saturated rings. The van der Waals surface area contributed by atoms with Gasteiger partial charge >= 0.3 is 0 Å². The van der Waals surface area contributed by atoms with Crippen LogP contribution in [0.5, 0.6) is 0 Å². The third-order valence-corrected chi connectivity index (χ3v) is 6.13. The molecule has 0 unspecified atom stereocenters. The number of morpholine rings is 1. The van der Waals surface area contributed by atoms with E-state index in [1.807, 2.05) is 42.7 Å². The number of nitrogens with zero attached hydrogens (tertiary/aromatic N) is 2. The summed E-state index contributed by atoms with van der Waals surface area (Å²) in [6.07, 6.45) is 0. The Bertz CT molecular complexity index is 1150. The van der Waals surface area contributed by atoms with Crippen LogP contribution in [0, 0.1) is 13.8 Å². The Morgan fingerprint density at radius 1 is 1.03 bits per heavy atom. The molecule has 5 nitrogen and oxygen atoms in total. The number of aromatic nitrogens is 1. The van der Waals surface area contributed by atoms with Gasteiger partial charge in [0, 0.05) is 46.3 Å². The van der Waals surface area contributed by atoms with Crippen LogP contribution in [0.2, 0.25) is 10.0 Å². The summed E-state index contributed by atoms with van der Waals surface area (Å²) in [6.45, 7) is 6.09. The van der Waals surface area contributed by atoms with Crippen LogP contribution >= 0.6 is 23.2 Å². The molecule has 2 heterocycles. The van der Waals surface area contributed by atoms with Crippen molar-refractivity contribution in [1.29, 1.82) is 0 Å². The van der Waals surface area contributed by atoms with Gasteiger partial charge in [0.15, 0.2) is 0 Å². The number of carbonyl (C=O) groups excluding carboxylic acids is 2. The minimum Gasteiger partial charge on any atom is -0.378 e. The number of Topliss-reactive ketones (excluding diaryl/α,β-unsaturated/α-hetero) is 1. The largest absolute Gasteiger partial charge is 0.378 e. The summed E-state index contributed by atoms with van der Waals surface area (Å²) in [5.41, 5.74) is 4.00. The van der Waals surface area contributed by atoms with Gasteiger partial charge in [-0.2, -0.15) is 0 Å². The monoisotopic (exact) mass is 444 g/mol. The molecule has 3 aromatic rings. The number of halogens is 2. The summed E-state index contributed by atoms with van der Waals surface area (Å²) in [5.74, 6) is -0.961. The molecule has 156 valence electrons. The highest BCUT2D eigenvalue weighted by atomic mass is 35.5. The zero-order valence-corrected chi connectivity index (χ0v) is 18.4. The fourth-order valence-corrected chi connectivity index (χ4v) is 4.39. The third-order valence-electron chi connectivity index (χ3n) is 5.54. The first-order valence-corrected chi connectivity index (χ1v) is 10.6. The lowest BCUT2D eigenvalue weighted by atomic mass is 10.0. The van der Waals surface area contributed by atoms with Crippen molar-refractivity contribution in [2.24, 2.45) is 0 Å². The van der Waals surface area contributed by atoms with Gasteiger partial charge in [0.25, 0.3) is 11.7 Å². The van der Waals surface area contributed by atoms with Gasteiger partial charge < -0.3 is 14.2 Å². The summed E-state index contributed by atoms with van der Waals surface area (Å²) in [5, 5.41) is 1.91. The zero-order valence-electron chi connectivity index (χ0n) is 16.9. The van der Waals surface area contributed by atoms with Crippen molar-refractivity contribution in [1.82, 2.24) is 9.47 Å². The Hall–Kier alpha value is -2.34. The maximum absolute atomic E-state index is 13.3. The van der Waals surface area contributed by atoms with E-state index in [4.69, 9.17) is 27.9 Å². The lowest BCUT2D eigenvalue weighted by molar-refractivity contribution is -0.130. The van der Waals surface area contributed by atoms with E-state index in [1.165, 1.54) is 0 Å². The third kappa shape index (κ3) is 3.85. The Morgan fingerprint density at radius 2 is 1.77 bits per heavy atom. The van der Waals surface area contributed by atoms with Gasteiger partial charge in [0.1, 0.15) is 0 Å². The van der Waals surface area contributed by atoms with Crippen LogP contribution in [-0.2, 0) is 16.1 Å². The van der Waals surface area contributed by atoms with E-state index >= 15 is 0 Å². The zero-order chi connectivity index (χ0) is 21.4. The van der Waals surface area contributed by atoms with Crippen LogP contribution in [0.4, 0.5) is 0 Å². The summed E-state index contributed by atoms with van der Waals surface area (Å²) < 4.78 is 7.34. The maximum Gasteiger partial charge on any atom is 0.295 e. The van der Waals surface area contributed by atoms with Crippen LogP contribution in [0.25, 0.3) is 10.9 Å². The number of benzene rings is 2. The van der Waals surface area contributed by atoms with Gasteiger partial charge in [0.2, 0.25) is 0 Å². The molecule has 2 aromatic carbocycles. The number of fused-ring (bicyclic) bond motifs is 1. The summed E-state index contributed by atoms with van der Waals surface area (Å²) >= 11 is 12.4. The first kappa shape index (κ1) is 20.9. The molecule has 0 aliphatic carbocycles. The smallest absolute Gasteiger partial charge is 0.295 e. The molecule has 30 heavy (non-hydrogen) atoms. The van der Waals surface area contributed by atoms with Crippen molar-refractivity contribution in [3.8, 4) is 0 Å². The van der Waals surface area contributed by atoms with Crippen LogP contribution in [0.3, 0.4) is 0 Å². The van der Waals surface area contributed by atoms with Gasteiger partial charge in [-0.25, -0.2) is 0 Å². The summed E-state index contributed by atoms with van der Waals surface area (Å²) in [7, 11) is 0. The fourth-order valence-electron chi connectivity index (χ4n) is 3.92. The van der Waals surface area contributed by atoms with E-state index in [0.29, 0.717) is 48.5 Å². The minimum absolute atomic E-state index is 0.432. The van der Waals surface area contributed by atoms with Crippen molar-refractivity contribution in [3.63, 3.8) is 0 Å². The SMILES string of the molecule is Cc1ccc2c(c1)c(C(=O)C(=O)N1CCOCC1)c(C)n2Cc1ccc(Cl)cc1Cl. The lowest BCUT2D eigenvalue weighted by Gasteiger charge is -2.26. The summed E-state index contributed by atoms with van der Waals surface area (Å²) in [4.78, 5) is 27.8. The van der Waals surface area contributed by atoms with E-state index in [2.05, 4.69) is 0 Å². The molecular formula is C23H22Cl2N2O3. The molecule has 4 rings (SSSR count). The van der Waals surface area contributed by atoms with Gasteiger partial charge in [-0.3, -0.25) is 9.59 Å². The minimum atomic E-state index is -0.481. The Labute approximate surface area is 185 Å². The number of hydrogen-bond donors (Lipinski definition) is 0. The highest BCUT2D eigenvalue weighted by Crippen LogP contribution is 2.30. The Balaban J connectivity index is 1.80. The Morgan fingerprint density at radius 3 is 2.47 bits per heavy atom. The number of rotatable bonds is 4. The van der Waals surface area contributed by atoms with Crippen molar-refractivity contribution in [2.75, 3.05) is 26.3 Å². The molecule has 1 aromatic heterocycles. The molecule has 0 N–H and O–H groups in total. The average molecular weight is 445 g/mol. The molecule has 1 aliphatic heterocycles. The highest BCUT2D eigenvalue weighted by Gasteiger charge is 2.29. The van der Waals surface area contributed by atoms with Crippen LogP contribution in [-0.4, -0.2) is 47.5 Å². The highest BCUT2D eigenvalue weighted by molar-refractivity contribution is 6.45. The number of amides is 1. The predicted molar refractivity (Wildman–Crippen MR) is 119 cm³/mol. The van der Waals surface area contributed by atoms with Gasteiger partial charge in [0.05, 0.1) is 18.8 Å². The topological polar surface area (TPSA) is 51.5 Å². The molecule has 1 aliphatic rings. The van der Waals surface area contributed by atoms with Crippen LogP contribution < -0.4 is 0 Å². The molecule has 0 atom stereocenters. The van der Waals surface area contributed by atoms with E-state index in [0.717, 1.165) is 27.7 Å². The predicted octanol–water partition coefficient (Wildman–Crippen LogP) is 4.65. The molecule has 7 heteroatoms. The second kappa shape index (κ2) is 8.42. The molecule has 0 bridgehead atoms. The molecule has 0 radical (unpaired) electrons. The maximum atomic E-state index is 13.3. The first-order valence-electron chi connectivity index (χ1n) is 9.81. The first-order chi connectivity index (χ1) is 14.4. The molecule has 0 saturated carbocycles. The molecular weight excluding hydrogens is 423 g/mol. The van der Waals surface area contributed by atoms with E-state index in [1.54, 1.807) is 17.0 Å². The normalized spacial score (nSPS) is 14.3. The molecule has 0 spiro atoms. The average Bonchev–Trinajstić information content (AvgIpc) is 3.00.